The van der Waals surface area contributed by atoms with Gasteiger partial charge in [0, 0.05) is 4.88 Å². The fourth-order valence-electron chi connectivity index (χ4n) is 1.57. The van der Waals surface area contributed by atoms with E-state index in [1.54, 1.807) is 11.3 Å². The lowest BCUT2D eigenvalue weighted by atomic mass is 10.2. The summed E-state index contributed by atoms with van der Waals surface area (Å²) in [6, 6.07) is 4.30. The molecule has 2 rings (SSSR count). The summed E-state index contributed by atoms with van der Waals surface area (Å²) in [5.74, 6) is 6.20. The Morgan fingerprint density at radius 3 is 3.00 bits per heavy atom. The summed E-state index contributed by atoms with van der Waals surface area (Å²) in [5.41, 5.74) is 2.40. The van der Waals surface area contributed by atoms with Gasteiger partial charge in [-0.3, -0.25) is 5.43 Å². The molecule has 2 aromatic heterocycles. The number of hydrogen-bond acceptors (Lipinski definition) is 6. The van der Waals surface area contributed by atoms with Crippen LogP contribution >= 0.6 is 22.9 Å². The maximum Gasteiger partial charge on any atom is 0.239 e. The zero-order chi connectivity index (χ0) is 13.0. The molecule has 0 aliphatic carbocycles. The van der Waals surface area contributed by atoms with Crippen LogP contribution in [0.25, 0.3) is 0 Å². The normalized spacial score (nSPS) is 12.2. The molecule has 0 bridgehead atoms. The molecule has 7 heteroatoms. The monoisotopic (exact) mass is 283 g/mol. The highest BCUT2D eigenvalue weighted by atomic mass is 35.5. The SMILES string of the molecule is CCC(Nc1nc(NN)ncc1Cl)c1cccs1. The Balaban J connectivity index is 2.21. The van der Waals surface area contributed by atoms with E-state index in [4.69, 9.17) is 17.4 Å². The number of nitrogen functional groups attached to an aromatic ring is 1. The molecule has 1 unspecified atom stereocenters. The average Bonchev–Trinajstić information content (AvgIpc) is 2.91. The number of hydrogen-bond donors (Lipinski definition) is 3. The molecule has 2 aromatic rings. The molecule has 0 saturated carbocycles. The van der Waals surface area contributed by atoms with Crippen LogP contribution in [-0.2, 0) is 0 Å². The molecule has 18 heavy (non-hydrogen) atoms. The minimum Gasteiger partial charge on any atom is -0.361 e. The quantitative estimate of drug-likeness (QED) is 0.581. The highest BCUT2D eigenvalue weighted by Gasteiger charge is 2.13. The van der Waals surface area contributed by atoms with E-state index in [9.17, 15) is 0 Å². The largest absolute Gasteiger partial charge is 0.361 e. The van der Waals surface area contributed by atoms with Crippen LogP contribution in [0.4, 0.5) is 11.8 Å². The van der Waals surface area contributed by atoms with Crippen molar-refractivity contribution < 1.29 is 0 Å². The lowest BCUT2D eigenvalue weighted by Crippen LogP contribution is -2.14. The van der Waals surface area contributed by atoms with Crippen LogP contribution in [0.2, 0.25) is 5.02 Å². The van der Waals surface area contributed by atoms with Gasteiger partial charge in [0.2, 0.25) is 5.95 Å². The Kier molecular flexibility index (Phi) is 4.35. The third-order valence-corrected chi connectivity index (χ3v) is 3.74. The molecule has 4 N–H and O–H groups in total. The van der Waals surface area contributed by atoms with Gasteiger partial charge in [-0.05, 0) is 17.9 Å². The number of anilines is 2. The van der Waals surface area contributed by atoms with Gasteiger partial charge in [0.15, 0.2) is 5.82 Å². The molecule has 5 nitrogen and oxygen atoms in total. The summed E-state index contributed by atoms with van der Waals surface area (Å²) in [5, 5.41) is 5.83. The molecule has 1 atom stereocenters. The fraction of sp³-hybridized carbons (Fsp3) is 0.273. The summed E-state index contributed by atoms with van der Waals surface area (Å²) >= 11 is 7.76. The van der Waals surface area contributed by atoms with Gasteiger partial charge in [0.1, 0.15) is 5.02 Å². The van der Waals surface area contributed by atoms with E-state index in [1.165, 1.54) is 11.1 Å². The lowest BCUT2D eigenvalue weighted by Gasteiger charge is -2.17. The van der Waals surface area contributed by atoms with Crippen molar-refractivity contribution in [2.75, 3.05) is 10.7 Å². The van der Waals surface area contributed by atoms with Crippen molar-refractivity contribution >= 4 is 34.7 Å². The van der Waals surface area contributed by atoms with E-state index in [1.807, 2.05) is 11.4 Å². The lowest BCUT2D eigenvalue weighted by molar-refractivity contribution is 0.758. The third-order valence-electron chi connectivity index (χ3n) is 2.48. The summed E-state index contributed by atoms with van der Waals surface area (Å²) in [7, 11) is 0. The van der Waals surface area contributed by atoms with Gasteiger partial charge in [0.25, 0.3) is 0 Å². The second-order valence-corrected chi connectivity index (χ2v) is 5.04. The number of halogens is 1. The number of nitrogens with zero attached hydrogens (tertiary/aromatic N) is 2. The minimum atomic E-state index is 0.183. The predicted molar refractivity (Wildman–Crippen MR) is 75.8 cm³/mol. The molecule has 0 aromatic carbocycles. The topological polar surface area (TPSA) is 75.9 Å². The van der Waals surface area contributed by atoms with E-state index in [0.29, 0.717) is 16.8 Å². The number of nitrogens with two attached hydrogens (primary N) is 1. The summed E-state index contributed by atoms with van der Waals surface area (Å²) in [6.07, 6.45) is 2.46. The molecule has 0 amide bonds. The van der Waals surface area contributed by atoms with Gasteiger partial charge in [0.05, 0.1) is 12.2 Å². The first-order valence-electron chi connectivity index (χ1n) is 5.53. The zero-order valence-electron chi connectivity index (χ0n) is 9.85. The van der Waals surface area contributed by atoms with Crippen molar-refractivity contribution in [3.05, 3.63) is 33.6 Å². The number of hydrazine groups is 1. The molecule has 0 spiro atoms. The van der Waals surface area contributed by atoms with E-state index < -0.39 is 0 Å². The van der Waals surface area contributed by atoms with Gasteiger partial charge in [-0.25, -0.2) is 10.8 Å². The number of thiophene rings is 1. The van der Waals surface area contributed by atoms with Crippen molar-refractivity contribution in [2.24, 2.45) is 5.84 Å². The van der Waals surface area contributed by atoms with Crippen molar-refractivity contribution in [1.29, 1.82) is 0 Å². The highest BCUT2D eigenvalue weighted by molar-refractivity contribution is 7.10. The molecule has 0 saturated heterocycles. The average molecular weight is 284 g/mol. The second-order valence-electron chi connectivity index (χ2n) is 3.66. The van der Waals surface area contributed by atoms with Gasteiger partial charge in [-0.15, -0.1) is 11.3 Å². The van der Waals surface area contributed by atoms with Crippen LogP contribution in [0.15, 0.2) is 23.7 Å². The fourth-order valence-corrected chi connectivity index (χ4v) is 2.57. The summed E-state index contributed by atoms with van der Waals surface area (Å²) < 4.78 is 0. The standard InChI is InChI=1S/C11H14ClN5S/c1-2-8(9-4-3-5-18-9)15-10-7(12)6-14-11(16-10)17-13/h3-6,8H,2,13H2,1H3,(H2,14,15,16,17). The Morgan fingerprint density at radius 2 is 2.39 bits per heavy atom. The minimum absolute atomic E-state index is 0.183. The van der Waals surface area contributed by atoms with Crippen molar-refractivity contribution in [2.45, 2.75) is 19.4 Å². The van der Waals surface area contributed by atoms with Crippen LogP contribution in [0.3, 0.4) is 0 Å². The zero-order valence-corrected chi connectivity index (χ0v) is 11.4. The summed E-state index contributed by atoms with van der Waals surface area (Å²) in [6.45, 7) is 2.11. The molecular formula is C11H14ClN5S. The van der Waals surface area contributed by atoms with Gasteiger partial charge in [-0.2, -0.15) is 4.98 Å². The highest BCUT2D eigenvalue weighted by Crippen LogP contribution is 2.28. The molecule has 0 aliphatic rings. The third kappa shape index (κ3) is 2.90. The molecule has 0 aliphatic heterocycles. The van der Waals surface area contributed by atoms with Crippen molar-refractivity contribution in [1.82, 2.24) is 9.97 Å². The first-order chi connectivity index (χ1) is 8.74. The number of rotatable bonds is 5. The van der Waals surface area contributed by atoms with Crippen molar-refractivity contribution in [3.8, 4) is 0 Å². The van der Waals surface area contributed by atoms with Crippen LogP contribution in [-0.4, -0.2) is 9.97 Å². The molecule has 0 fully saturated rings. The molecule has 96 valence electrons. The summed E-state index contributed by atoms with van der Waals surface area (Å²) in [4.78, 5) is 9.38. The maximum atomic E-state index is 6.06. The van der Waals surface area contributed by atoms with Crippen LogP contribution in [0.1, 0.15) is 24.3 Å². The van der Waals surface area contributed by atoms with Gasteiger partial charge < -0.3 is 5.32 Å². The smallest absolute Gasteiger partial charge is 0.239 e. The Bertz CT molecular complexity index is 502. The van der Waals surface area contributed by atoms with Gasteiger partial charge >= 0.3 is 0 Å². The number of nitrogens with one attached hydrogen (secondary N) is 2. The van der Waals surface area contributed by atoms with E-state index in [-0.39, 0.29) is 6.04 Å². The number of aromatic nitrogens is 2. The van der Waals surface area contributed by atoms with E-state index in [0.717, 1.165) is 6.42 Å². The Hall–Kier alpha value is -1.37. The second kappa shape index (κ2) is 5.99. The molecule has 0 radical (unpaired) electrons. The van der Waals surface area contributed by atoms with Crippen LogP contribution in [0.5, 0.6) is 0 Å². The van der Waals surface area contributed by atoms with Gasteiger partial charge in [-0.1, -0.05) is 24.6 Å². The van der Waals surface area contributed by atoms with E-state index in [2.05, 4.69) is 33.7 Å². The Morgan fingerprint density at radius 1 is 1.56 bits per heavy atom. The van der Waals surface area contributed by atoms with E-state index >= 15 is 0 Å². The Labute approximate surface area is 114 Å². The van der Waals surface area contributed by atoms with Crippen LogP contribution in [0, 0.1) is 0 Å². The van der Waals surface area contributed by atoms with Crippen LogP contribution < -0.4 is 16.6 Å². The first kappa shape index (κ1) is 13.1. The molecular weight excluding hydrogens is 270 g/mol. The predicted octanol–water partition coefficient (Wildman–Crippen LogP) is 3.04. The maximum absolute atomic E-state index is 6.06. The van der Waals surface area contributed by atoms with Crippen molar-refractivity contribution in [3.63, 3.8) is 0 Å². The first-order valence-corrected chi connectivity index (χ1v) is 6.79. The molecule has 2 heterocycles.